The SMILES string of the molecule is CCOC(=O)N1CCC(NC(=O)C[NH+](C)[C@@H](C)c2nc3ccccc3s2)CC1. The molecule has 2 amide bonds. The van der Waals surface area contributed by atoms with Crippen LogP contribution in [0.25, 0.3) is 10.2 Å². The van der Waals surface area contributed by atoms with Crippen LogP contribution in [0.3, 0.4) is 0 Å². The van der Waals surface area contributed by atoms with Crippen LogP contribution in [0.2, 0.25) is 0 Å². The van der Waals surface area contributed by atoms with E-state index in [1.807, 2.05) is 25.2 Å². The Labute approximate surface area is 169 Å². The van der Waals surface area contributed by atoms with Gasteiger partial charge >= 0.3 is 6.09 Å². The number of carbonyl (C=O) groups excluding carboxylic acids is 2. The molecular weight excluding hydrogens is 376 g/mol. The number of nitrogens with zero attached hydrogens (tertiary/aromatic N) is 2. The molecule has 28 heavy (non-hydrogen) atoms. The van der Waals surface area contributed by atoms with Gasteiger partial charge in [-0.25, -0.2) is 9.78 Å². The van der Waals surface area contributed by atoms with Crippen molar-refractivity contribution < 1.29 is 19.2 Å². The molecule has 2 atom stereocenters. The molecule has 2 N–H and O–H groups in total. The molecule has 1 aliphatic rings. The van der Waals surface area contributed by atoms with Crippen LogP contribution in [-0.2, 0) is 9.53 Å². The third-order valence-corrected chi connectivity index (χ3v) is 6.46. The minimum absolute atomic E-state index is 0.0417. The fourth-order valence-electron chi connectivity index (χ4n) is 3.39. The zero-order valence-corrected chi connectivity index (χ0v) is 17.6. The molecule has 1 saturated heterocycles. The summed E-state index contributed by atoms with van der Waals surface area (Å²) >= 11 is 1.69. The third kappa shape index (κ3) is 4.99. The molecule has 2 aromatic rings. The van der Waals surface area contributed by atoms with E-state index in [0.717, 1.165) is 28.3 Å². The first-order chi connectivity index (χ1) is 13.5. The number of para-hydroxylation sites is 1. The molecule has 3 rings (SSSR count). The Bertz CT molecular complexity index is 784. The van der Waals surface area contributed by atoms with Crippen LogP contribution in [0.1, 0.15) is 37.7 Å². The van der Waals surface area contributed by atoms with Crippen molar-refractivity contribution in [1.82, 2.24) is 15.2 Å². The second kappa shape index (κ2) is 9.34. The molecule has 1 unspecified atom stereocenters. The first kappa shape index (κ1) is 20.5. The summed E-state index contributed by atoms with van der Waals surface area (Å²) in [4.78, 5) is 31.8. The van der Waals surface area contributed by atoms with Gasteiger partial charge in [0.15, 0.2) is 11.6 Å². The molecule has 1 aromatic carbocycles. The number of benzene rings is 1. The van der Waals surface area contributed by atoms with E-state index < -0.39 is 0 Å². The fourth-order valence-corrected chi connectivity index (χ4v) is 4.50. The molecule has 152 valence electrons. The summed E-state index contributed by atoms with van der Waals surface area (Å²) in [5, 5.41) is 4.17. The highest BCUT2D eigenvalue weighted by Crippen LogP contribution is 2.24. The predicted molar refractivity (Wildman–Crippen MR) is 110 cm³/mol. The second-order valence-electron chi connectivity index (χ2n) is 7.29. The molecule has 2 heterocycles. The van der Waals surface area contributed by atoms with Crippen LogP contribution in [0.15, 0.2) is 24.3 Å². The molecule has 1 fully saturated rings. The molecule has 0 bridgehead atoms. The van der Waals surface area contributed by atoms with Gasteiger partial charge in [-0.2, -0.15) is 0 Å². The molecule has 0 aliphatic carbocycles. The average molecular weight is 406 g/mol. The number of rotatable bonds is 6. The highest BCUT2D eigenvalue weighted by Gasteiger charge is 2.27. The van der Waals surface area contributed by atoms with Gasteiger partial charge in [-0.15, -0.1) is 11.3 Å². The van der Waals surface area contributed by atoms with E-state index in [-0.39, 0.29) is 24.1 Å². The maximum absolute atomic E-state index is 12.5. The number of likely N-dealkylation sites (N-methyl/N-ethyl adjacent to an activating group) is 1. The molecule has 7 nitrogen and oxygen atoms in total. The van der Waals surface area contributed by atoms with Crippen molar-refractivity contribution in [2.45, 2.75) is 38.8 Å². The van der Waals surface area contributed by atoms with Gasteiger partial charge in [-0.1, -0.05) is 12.1 Å². The van der Waals surface area contributed by atoms with E-state index in [9.17, 15) is 9.59 Å². The molecule has 1 aromatic heterocycles. The predicted octanol–water partition coefficient (Wildman–Crippen LogP) is 1.61. The highest BCUT2D eigenvalue weighted by molar-refractivity contribution is 7.18. The molecule has 0 spiro atoms. The summed E-state index contributed by atoms with van der Waals surface area (Å²) < 4.78 is 6.21. The number of amides is 2. The molecule has 0 saturated carbocycles. The number of hydrogen-bond donors (Lipinski definition) is 2. The number of hydrogen-bond acceptors (Lipinski definition) is 5. The Hall–Kier alpha value is -2.19. The first-order valence-corrected chi connectivity index (χ1v) is 10.7. The number of fused-ring (bicyclic) bond motifs is 1. The number of piperidine rings is 1. The van der Waals surface area contributed by atoms with Crippen molar-refractivity contribution in [3.8, 4) is 0 Å². The first-order valence-electron chi connectivity index (χ1n) is 9.86. The van der Waals surface area contributed by atoms with Crippen LogP contribution in [0.5, 0.6) is 0 Å². The molecular formula is C20H29N4O3S+. The zero-order valence-electron chi connectivity index (χ0n) is 16.7. The van der Waals surface area contributed by atoms with E-state index in [0.29, 0.717) is 26.2 Å². The van der Waals surface area contributed by atoms with Gasteiger partial charge in [-0.05, 0) is 38.8 Å². The fraction of sp³-hybridized carbons (Fsp3) is 0.550. The number of carbonyl (C=O) groups is 2. The van der Waals surface area contributed by atoms with Crippen LogP contribution < -0.4 is 10.2 Å². The Balaban J connectivity index is 1.47. The molecule has 0 radical (unpaired) electrons. The van der Waals surface area contributed by atoms with Gasteiger partial charge < -0.3 is 19.9 Å². The van der Waals surface area contributed by atoms with E-state index in [4.69, 9.17) is 9.72 Å². The Morgan fingerprint density at radius 3 is 2.75 bits per heavy atom. The van der Waals surface area contributed by atoms with E-state index in [2.05, 4.69) is 18.3 Å². The van der Waals surface area contributed by atoms with Crippen molar-refractivity contribution in [1.29, 1.82) is 0 Å². The second-order valence-corrected chi connectivity index (χ2v) is 8.35. The van der Waals surface area contributed by atoms with Gasteiger partial charge in [0.1, 0.15) is 6.04 Å². The quantitative estimate of drug-likeness (QED) is 0.766. The number of aromatic nitrogens is 1. The van der Waals surface area contributed by atoms with Crippen molar-refractivity contribution in [3.63, 3.8) is 0 Å². The Morgan fingerprint density at radius 1 is 1.36 bits per heavy atom. The summed E-state index contributed by atoms with van der Waals surface area (Å²) in [6.07, 6.45) is 1.26. The third-order valence-electron chi connectivity index (χ3n) is 5.25. The van der Waals surface area contributed by atoms with Crippen LogP contribution in [-0.4, -0.2) is 61.2 Å². The standard InChI is InChI=1S/C20H28N4O3S/c1-4-27-20(26)24-11-9-15(10-12-24)21-18(25)13-23(3)14(2)19-22-16-7-5-6-8-17(16)28-19/h5-8,14-15H,4,9-13H2,1-3H3,(H,21,25)/p+1/t14-/m0/s1. The van der Waals surface area contributed by atoms with Crippen LogP contribution in [0.4, 0.5) is 4.79 Å². The lowest BCUT2D eigenvalue weighted by Crippen LogP contribution is -3.10. The summed E-state index contributed by atoms with van der Waals surface area (Å²) in [6, 6.07) is 8.37. The van der Waals surface area contributed by atoms with E-state index >= 15 is 0 Å². The van der Waals surface area contributed by atoms with Crippen molar-refractivity contribution in [2.75, 3.05) is 33.3 Å². The lowest BCUT2D eigenvalue weighted by Gasteiger charge is -2.31. The van der Waals surface area contributed by atoms with E-state index in [1.54, 1.807) is 23.2 Å². The minimum Gasteiger partial charge on any atom is -0.450 e. The number of likely N-dealkylation sites (tertiary alicyclic amines) is 1. The highest BCUT2D eigenvalue weighted by atomic mass is 32.1. The number of thiazole rings is 1. The van der Waals surface area contributed by atoms with Crippen LogP contribution >= 0.6 is 11.3 Å². The lowest BCUT2D eigenvalue weighted by molar-refractivity contribution is -0.902. The van der Waals surface area contributed by atoms with Gasteiger partial charge in [0.05, 0.1) is 23.9 Å². The summed E-state index contributed by atoms with van der Waals surface area (Å²) in [5.41, 5.74) is 1.01. The lowest BCUT2D eigenvalue weighted by atomic mass is 10.1. The Kier molecular flexibility index (Phi) is 6.85. The van der Waals surface area contributed by atoms with Gasteiger partial charge in [-0.3, -0.25) is 4.79 Å². The van der Waals surface area contributed by atoms with Crippen molar-refractivity contribution in [3.05, 3.63) is 29.3 Å². The van der Waals surface area contributed by atoms with Gasteiger partial charge in [0.25, 0.3) is 5.91 Å². The normalized spacial score (nSPS) is 17.3. The smallest absolute Gasteiger partial charge is 0.409 e. The monoisotopic (exact) mass is 405 g/mol. The van der Waals surface area contributed by atoms with Gasteiger partial charge in [0, 0.05) is 19.1 Å². The molecule has 1 aliphatic heterocycles. The zero-order chi connectivity index (χ0) is 20.1. The average Bonchev–Trinajstić information content (AvgIpc) is 3.12. The number of nitrogens with one attached hydrogen (secondary N) is 2. The van der Waals surface area contributed by atoms with Crippen molar-refractivity contribution in [2.24, 2.45) is 0 Å². The number of quaternary nitrogens is 1. The summed E-state index contributed by atoms with van der Waals surface area (Å²) in [5.74, 6) is 0.0417. The maximum Gasteiger partial charge on any atom is 0.409 e. The Morgan fingerprint density at radius 2 is 2.07 bits per heavy atom. The molecule has 8 heteroatoms. The van der Waals surface area contributed by atoms with Gasteiger partial charge in [0.2, 0.25) is 0 Å². The minimum atomic E-state index is -0.263. The topological polar surface area (TPSA) is 76.0 Å². The summed E-state index contributed by atoms with van der Waals surface area (Å²) in [7, 11) is 2.03. The summed E-state index contributed by atoms with van der Waals surface area (Å²) in [6.45, 7) is 5.94. The van der Waals surface area contributed by atoms with E-state index in [1.165, 1.54) is 4.70 Å². The maximum atomic E-state index is 12.5. The number of ether oxygens (including phenoxy) is 1. The van der Waals surface area contributed by atoms with Crippen molar-refractivity contribution >= 4 is 33.6 Å². The van der Waals surface area contributed by atoms with Crippen LogP contribution in [0, 0.1) is 0 Å². The largest absolute Gasteiger partial charge is 0.450 e.